The predicted octanol–water partition coefficient (Wildman–Crippen LogP) is 0.858. The van der Waals surface area contributed by atoms with Crippen molar-refractivity contribution in [3.05, 3.63) is 23.7 Å². The normalized spacial score (nSPS) is 17.4. The summed E-state index contributed by atoms with van der Waals surface area (Å²) in [5, 5.41) is 10.4. The summed E-state index contributed by atoms with van der Waals surface area (Å²) in [6.07, 6.45) is 2.55. The van der Waals surface area contributed by atoms with Crippen molar-refractivity contribution in [1.82, 2.24) is 19.7 Å². The highest BCUT2D eigenvalue weighted by Crippen LogP contribution is 2.23. The summed E-state index contributed by atoms with van der Waals surface area (Å²) in [5.41, 5.74) is 6.37. The average Bonchev–Trinajstić information content (AvgIpc) is 3.11. The van der Waals surface area contributed by atoms with Crippen molar-refractivity contribution in [3.8, 4) is 0 Å². The SMILES string of the molecule is Cc1cc(Nc2nc(N[C@@H]3CCNC3)cnc2C(N)=O)sn1. The zero-order valence-corrected chi connectivity index (χ0v) is 12.9. The van der Waals surface area contributed by atoms with Gasteiger partial charge in [-0.1, -0.05) is 0 Å². The molecule has 0 unspecified atom stereocenters. The van der Waals surface area contributed by atoms with Crippen LogP contribution in [0.1, 0.15) is 22.6 Å². The van der Waals surface area contributed by atoms with Crippen molar-refractivity contribution in [3.63, 3.8) is 0 Å². The van der Waals surface area contributed by atoms with Crippen LogP contribution in [0.15, 0.2) is 12.3 Å². The van der Waals surface area contributed by atoms with E-state index in [4.69, 9.17) is 5.73 Å². The number of primary amides is 1. The maximum atomic E-state index is 11.5. The molecule has 22 heavy (non-hydrogen) atoms. The topological polar surface area (TPSA) is 118 Å². The van der Waals surface area contributed by atoms with Gasteiger partial charge in [0.1, 0.15) is 10.8 Å². The number of nitrogens with one attached hydrogen (secondary N) is 3. The molecule has 1 atom stereocenters. The van der Waals surface area contributed by atoms with Crippen LogP contribution in [0.3, 0.4) is 0 Å². The minimum atomic E-state index is -0.620. The standard InChI is InChI=1S/C13H17N7OS/c1-7-4-10(22-20-7)19-13-11(12(14)21)16-6-9(18-13)17-8-2-3-15-5-8/h4,6,8,15H,2-3,5H2,1H3,(H2,14,21)(H2,17,18,19)/t8-/m1/s1. The molecular weight excluding hydrogens is 302 g/mol. The zero-order valence-electron chi connectivity index (χ0n) is 12.1. The highest BCUT2D eigenvalue weighted by molar-refractivity contribution is 7.10. The molecule has 3 rings (SSSR count). The van der Waals surface area contributed by atoms with Crippen LogP contribution in [0, 0.1) is 6.92 Å². The largest absolute Gasteiger partial charge is 0.365 e. The summed E-state index contributed by atoms with van der Waals surface area (Å²) in [6, 6.07) is 2.19. The van der Waals surface area contributed by atoms with Crippen molar-refractivity contribution in [2.24, 2.45) is 5.73 Å². The molecule has 0 spiro atoms. The second kappa shape index (κ2) is 6.24. The molecule has 0 aromatic carbocycles. The van der Waals surface area contributed by atoms with E-state index in [-0.39, 0.29) is 5.69 Å². The third kappa shape index (κ3) is 3.31. The van der Waals surface area contributed by atoms with Crippen LogP contribution in [0.5, 0.6) is 0 Å². The Balaban J connectivity index is 1.84. The van der Waals surface area contributed by atoms with Crippen molar-refractivity contribution in [2.75, 3.05) is 23.7 Å². The smallest absolute Gasteiger partial charge is 0.271 e. The molecule has 2 aromatic heterocycles. The van der Waals surface area contributed by atoms with E-state index in [1.165, 1.54) is 17.7 Å². The molecule has 8 nitrogen and oxygen atoms in total. The molecule has 1 amide bonds. The number of aryl methyl sites for hydroxylation is 1. The van der Waals surface area contributed by atoms with Gasteiger partial charge >= 0.3 is 0 Å². The van der Waals surface area contributed by atoms with E-state index in [0.29, 0.717) is 17.7 Å². The first-order chi connectivity index (χ1) is 10.6. The summed E-state index contributed by atoms with van der Waals surface area (Å²) in [4.78, 5) is 20.1. The van der Waals surface area contributed by atoms with Crippen LogP contribution >= 0.6 is 11.5 Å². The molecule has 0 saturated carbocycles. The lowest BCUT2D eigenvalue weighted by Gasteiger charge is -2.14. The third-order valence-corrected chi connectivity index (χ3v) is 4.08. The Morgan fingerprint density at radius 3 is 3.05 bits per heavy atom. The minimum absolute atomic E-state index is 0.112. The molecular formula is C13H17N7OS. The number of aromatic nitrogens is 3. The molecule has 3 heterocycles. The van der Waals surface area contributed by atoms with E-state index in [2.05, 4.69) is 30.3 Å². The lowest BCUT2D eigenvalue weighted by molar-refractivity contribution is 0.0996. The van der Waals surface area contributed by atoms with Gasteiger partial charge in [-0.3, -0.25) is 4.79 Å². The maximum Gasteiger partial charge on any atom is 0.271 e. The monoisotopic (exact) mass is 319 g/mol. The fraction of sp³-hybridized carbons (Fsp3) is 0.385. The summed E-state index contributed by atoms with van der Waals surface area (Å²) in [7, 11) is 0. The van der Waals surface area contributed by atoms with Crippen molar-refractivity contribution < 1.29 is 4.79 Å². The van der Waals surface area contributed by atoms with Gasteiger partial charge in [0.15, 0.2) is 11.5 Å². The number of carbonyl (C=O) groups excluding carboxylic acids is 1. The summed E-state index contributed by atoms with van der Waals surface area (Å²) in [6.45, 7) is 3.76. The van der Waals surface area contributed by atoms with Crippen molar-refractivity contribution in [2.45, 2.75) is 19.4 Å². The molecule has 5 N–H and O–H groups in total. The van der Waals surface area contributed by atoms with Crippen LogP contribution in [0.2, 0.25) is 0 Å². The Hall–Kier alpha value is -2.26. The number of carbonyl (C=O) groups is 1. The Morgan fingerprint density at radius 1 is 1.55 bits per heavy atom. The fourth-order valence-electron chi connectivity index (χ4n) is 2.25. The van der Waals surface area contributed by atoms with E-state index in [9.17, 15) is 4.79 Å². The lowest BCUT2D eigenvalue weighted by atomic mass is 10.2. The molecule has 0 aliphatic carbocycles. The van der Waals surface area contributed by atoms with E-state index in [0.717, 1.165) is 30.2 Å². The van der Waals surface area contributed by atoms with E-state index in [1.54, 1.807) is 0 Å². The zero-order chi connectivity index (χ0) is 15.5. The maximum absolute atomic E-state index is 11.5. The molecule has 1 aliphatic rings. The summed E-state index contributed by atoms with van der Waals surface area (Å²) in [5.74, 6) is 0.333. The van der Waals surface area contributed by atoms with Gasteiger partial charge in [0.05, 0.1) is 11.9 Å². The fourth-order valence-corrected chi connectivity index (χ4v) is 2.91. The molecule has 0 radical (unpaired) electrons. The van der Waals surface area contributed by atoms with Crippen molar-refractivity contribution >= 4 is 34.1 Å². The second-order valence-electron chi connectivity index (χ2n) is 5.11. The van der Waals surface area contributed by atoms with Gasteiger partial charge < -0.3 is 21.7 Å². The van der Waals surface area contributed by atoms with Gasteiger partial charge in [-0.25, -0.2) is 9.97 Å². The Bertz CT molecular complexity index is 681. The molecule has 2 aromatic rings. The average molecular weight is 319 g/mol. The van der Waals surface area contributed by atoms with Gasteiger partial charge in [0.25, 0.3) is 5.91 Å². The van der Waals surface area contributed by atoms with Gasteiger partial charge in [-0.15, -0.1) is 0 Å². The van der Waals surface area contributed by atoms with Gasteiger partial charge in [0, 0.05) is 12.6 Å². The molecule has 1 aliphatic heterocycles. The summed E-state index contributed by atoms with van der Waals surface area (Å²) >= 11 is 1.29. The number of amides is 1. The van der Waals surface area contributed by atoms with Gasteiger partial charge in [0.2, 0.25) is 0 Å². The van der Waals surface area contributed by atoms with Crippen molar-refractivity contribution in [1.29, 1.82) is 0 Å². The summed E-state index contributed by atoms with van der Waals surface area (Å²) < 4.78 is 4.18. The lowest BCUT2D eigenvalue weighted by Crippen LogP contribution is -2.24. The molecule has 116 valence electrons. The van der Waals surface area contributed by atoms with Crippen LogP contribution in [0.25, 0.3) is 0 Å². The first kappa shape index (κ1) is 14.7. The van der Waals surface area contributed by atoms with Crippen LogP contribution in [-0.4, -0.2) is 39.4 Å². The molecule has 1 saturated heterocycles. The number of nitrogens with zero attached hydrogens (tertiary/aromatic N) is 3. The molecule has 1 fully saturated rings. The first-order valence-electron chi connectivity index (χ1n) is 6.96. The Morgan fingerprint density at radius 2 is 2.41 bits per heavy atom. The minimum Gasteiger partial charge on any atom is -0.365 e. The third-order valence-electron chi connectivity index (χ3n) is 3.29. The second-order valence-corrected chi connectivity index (χ2v) is 5.91. The van der Waals surface area contributed by atoms with Crippen LogP contribution < -0.4 is 21.7 Å². The highest BCUT2D eigenvalue weighted by atomic mass is 32.1. The number of rotatable bonds is 5. The van der Waals surface area contributed by atoms with E-state index in [1.807, 2.05) is 13.0 Å². The Labute approximate surface area is 131 Å². The number of anilines is 3. The Kier molecular flexibility index (Phi) is 4.16. The first-order valence-corrected chi connectivity index (χ1v) is 7.73. The van der Waals surface area contributed by atoms with Crippen LogP contribution in [-0.2, 0) is 0 Å². The number of hydrogen-bond acceptors (Lipinski definition) is 8. The van der Waals surface area contributed by atoms with E-state index < -0.39 is 5.91 Å². The van der Waals surface area contributed by atoms with Crippen LogP contribution in [0.4, 0.5) is 16.6 Å². The number of hydrogen-bond donors (Lipinski definition) is 4. The molecule has 0 bridgehead atoms. The number of nitrogens with two attached hydrogens (primary N) is 1. The van der Waals surface area contributed by atoms with Gasteiger partial charge in [-0.05, 0) is 37.5 Å². The highest BCUT2D eigenvalue weighted by Gasteiger charge is 2.18. The molecule has 9 heteroatoms. The predicted molar refractivity (Wildman–Crippen MR) is 85.6 cm³/mol. The van der Waals surface area contributed by atoms with Gasteiger partial charge in [-0.2, -0.15) is 4.37 Å². The quantitative estimate of drug-likeness (QED) is 0.645. The van der Waals surface area contributed by atoms with E-state index >= 15 is 0 Å².